The summed E-state index contributed by atoms with van der Waals surface area (Å²) in [5.41, 5.74) is 3.12. The van der Waals surface area contributed by atoms with Gasteiger partial charge in [-0.1, -0.05) is 26.2 Å². The number of hydrogen-bond acceptors (Lipinski definition) is 7. The molecule has 2 aliphatic rings. The molecule has 1 aromatic carbocycles. The van der Waals surface area contributed by atoms with Gasteiger partial charge in [-0.3, -0.25) is 14.2 Å². The van der Waals surface area contributed by atoms with E-state index in [4.69, 9.17) is 0 Å². The number of amides is 1. The first-order valence-electron chi connectivity index (χ1n) is 12.8. The van der Waals surface area contributed by atoms with Crippen molar-refractivity contribution in [3.05, 3.63) is 47.0 Å². The van der Waals surface area contributed by atoms with Crippen LogP contribution in [-0.4, -0.2) is 56.5 Å². The van der Waals surface area contributed by atoms with E-state index in [1.807, 2.05) is 17.0 Å². The molecule has 1 saturated carbocycles. The molecule has 3 aromatic rings. The number of aromatic nitrogens is 4. The zero-order chi connectivity index (χ0) is 24.2. The van der Waals surface area contributed by atoms with E-state index in [0.29, 0.717) is 23.5 Å². The molecular weight excluding hydrogens is 442 g/mol. The lowest BCUT2D eigenvalue weighted by Gasteiger charge is -2.36. The third kappa shape index (κ3) is 5.13. The Bertz CT molecular complexity index is 1230. The van der Waals surface area contributed by atoms with E-state index in [2.05, 4.69) is 44.2 Å². The number of piperazine rings is 1. The summed E-state index contributed by atoms with van der Waals surface area (Å²) in [5, 5.41) is 3.27. The summed E-state index contributed by atoms with van der Waals surface area (Å²) in [6, 6.07) is 8.35. The predicted molar refractivity (Wildman–Crippen MR) is 137 cm³/mol. The Morgan fingerprint density at radius 2 is 1.77 bits per heavy atom. The van der Waals surface area contributed by atoms with E-state index >= 15 is 0 Å². The number of anilines is 3. The number of hydrogen-bond donors (Lipinski definition) is 1. The summed E-state index contributed by atoms with van der Waals surface area (Å²) in [5.74, 6) is 0.721. The molecule has 3 heterocycles. The molecule has 1 N–H and O–H groups in total. The highest BCUT2D eigenvalue weighted by atomic mass is 16.2. The molecule has 1 aliphatic heterocycles. The summed E-state index contributed by atoms with van der Waals surface area (Å²) in [4.78, 5) is 42.5. The van der Waals surface area contributed by atoms with Crippen molar-refractivity contribution < 1.29 is 4.79 Å². The van der Waals surface area contributed by atoms with E-state index < -0.39 is 0 Å². The third-order valence-corrected chi connectivity index (χ3v) is 7.08. The van der Waals surface area contributed by atoms with Gasteiger partial charge in [0.1, 0.15) is 5.52 Å². The summed E-state index contributed by atoms with van der Waals surface area (Å²) in [6.45, 7) is 5.32. The highest BCUT2D eigenvalue weighted by Crippen LogP contribution is 2.30. The molecule has 0 spiro atoms. The van der Waals surface area contributed by atoms with Gasteiger partial charge in [0.05, 0.1) is 12.4 Å². The first kappa shape index (κ1) is 23.3. The SMILES string of the molecule is CCCCC(=O)N1CCN(c2ccc(Nc3ncc4ncc(=O)n(C5CCCC5)c4n3)cc2)CC1. The quantitative estimate of drug-likeness (QED) is 0.554. The van der Waals surface area contributed by atoms with Crippen molar-refractivity contribution in [2.24, 2.45) is 0 Å². The van der Waals surface area contributed by atoms with Crippen molar-refractivity contribution in [2.75, 3.05) is 36.4 Å². The second-order valence-electron chi connectivity index (χ2n) is 9.45. The number of fused-ring (bicyclic) bond motifs is 1. The minimum Gasteiger partial charge on any atom is -0.368 e. The monoisotopic (exact) mass is 475 g/mol. The van der Waals surface area contributed by atoms with E-state index in [9.17, 15) is 9.59 Å². The Hall–Kier alpha value is -3.49. The first-order valence-corrected chi connectivity index (χ1v) is 12.8. The van der Waals surface area contributed by atoms with Gasteiger partial charge < -0.3 is 15.1 Å². The van der Waals surface area contributed by atoms with Crippen LogP contribution in [-0.2, 0) is 4.79 Å². The van der Waals surface area contributed by atoms with Gasteiger partial charge in [0.15, 0.2) is 5.65 Å². The maximum Gasteiger partial charge on any atom is 0.270 e. The normalized spacial score (nSPS) is 16.7. The largest absolute Gasteiger partial charge is 0.368 e. The maximum atomic E-state index is 12.6. The predicted octanol–water partition coefficient (Wildman–Crippen LogP) is 3.88. The fourth-order valence-electron chi connectivity index (χ4n) is 5.09. The van der Waals surface area contributed by atoms with E-state index in [1.54, 1.807) is 10.8 Å². The minimum atomic E-state index is -0.106. The lowest BCUT2D eigenvalue weighted by Crippen LogP contribution is -2.48. The number of carbonyl (C=O) groups excluding carboxylic acids is 1. The van der Waals surface area contributed by atoms with Crippen molar-refractivity contribution in [1.29, 1.82) is 0 Å². The smallest absolute Gasteiger partial charge is 0.270 e. The van der Waals surface area contributed by atoms with E-state index in [0.717, 1.165) is 76.1 Å². The number of nitrogens with one attached hydrogen (secondary N) is 1. The Labute approximate surface area is 205 Å². The molecule has 2 fully saturated rings. The molecule has 1 saturated heterocycles. The molecule has 1 aliphatic carbocycles. The number of rotatable bonds is 7. The number of unbranched alkanes of at least 4 members (excludes halogenated alkanes) is 1. The average molecular weight is 476 g/mol. The van der Waals surface area contributed by atoms with Gasteiger partial charge in [-0.05, 0) is 43.5 Å². The van der Waals surface area contributed by atoms with Crippen molar-refractivity contribution in [2.45, 2.75) is 57.9 Å². The van der Waals surface area contributed by atoms with Gasteiger partial charge in [0.25, 0.3) is 5.56 Å². The van der Waals surface area contributed by atoms with Crippen LogP contribution in [0.15, 0.2) is 41.5 Å². The van der Waals surface area contributed by atoms with Gasteiger partial charge in [-0.15, -0.1) is 0 Å². The van der Waals surface area contributed by atoms with Crippen LogP contribution in [0.1, 0.15) is 57.9 Å². The van der Waals surface area contributed by atoms with E-state index in [-0.39, 0.29) is 17.5 Å². The molecule has 5 rings (SSSR count). The van der Waals surface area contributed by atoms with Crippen molar-refractivity contribution >= 4 is 34.4 Å². The highest BCUT2D eigenvalue weighted by Gasteiger charge is 2.22. The molecule has 184 valence electrons. The molecule has 2 aromatic heterocycles. The first-order chi connectivity index (χ1) is 17.1. The number of carbonyl (C=O) groups is 1. The lowest BCUT2D eigenvalue weighted by atomic mass is 10.2. The molecule has 0 radical (unpaired) electrons. The van der Waals surface area contributed by atoms with Gasteiger partial charge in [-0.2, -0.15) is 4.98 Å². The summed E-state index contributed by atoms with van der Waals surface area (Å²) in [7, 11) is 0. The standard InChI is InChI=1S/C26H33N7O2/c1-2-3-8-23(34)32-15-13-31(14-16-32)20-11-9-19(10-12-20)29-26-28-17-22-25(30-26)33(24(35)18-27-22)21-6-4-5-7-21/h9-12,17-18,21H,2-8,13-16H2,1H3,(H,28,29,30). The van der Waals surface area contributed by atoms with Crippen molar-refractivity contribution in [1.82, 2.24) is 24.4 Å². The third-order valence-electron chi connectivity index (χ3n) is 7.08. The van der Waals surface area contributed by atoms with Gasteiger partial charge >= 0.3 is 0 Å². The summed E-state index contributed by atoms with van der Waals surface area (Å²) >= 11 is 0. The Kier molecular flexibility index (Phi) is 6.92. The van der Waals surface area contributed by atoms with Gasteiger partial charge in [-0.25, -0.2) is 9.97 Å². The molecule has 0 bridgehead atoms. The van der Waals surface area contributed by atoms with Crippen LogP contribution >= 0.6 is 0 Å². The van der Waals surface area contributed by atoms with Crippen LogP contribution in [0.5, 0.6) is 0 Å². The average Bonchev–Trinajstić information content (AvgIpc) is 3.42. The molecule has 1 amide bonds. The van der Waals surface area contributed by atoms with Crippen LogP contribution in [0.25, 0.3) is 11.2 Å². The molecule has 35 heavy (non-hydrogen) atoms. The topological polar surface area (TPSA) is 96.3 Å². The molecule has 0 atom stereocenters. The Balaban J connectivity index is 1.26. The minimum absolute atomic E-state index is 0.106. The lowest BCUT2D eigenvalue weighted by molar-refractivity contribution is -0.131. The van der Waals surface area contributed by atoms with Crippen LogP contribution < -0.4 is 15.8 Å². The van der Waals surface area contributed by atoms with Crippen LogP contribution in [0.4, 0.5) is 17.3 Å². The number of benzene rings is 1. The molecule has 9 nitrogen and oxygen atoms in total. The molecule has 0 unspecified atom stereocenters. The maximum absolute atomic E-state index is 12.6. The zero-order valence-electron chi connectivity index (χ0n) is 20.3. The zero-order valence-corrected chi connectivity index (χ0v) is 20.3. The summed E-state index contributed by atoms with van der Waals surface area (Å²) < 4.78 is 1.79. The van der Waals surface area contributed by atoms with Gasteiger partial charge in [0.2, 0.25) is 11.9 Å². The fourth-order valence-corrected chi connectivity index (χ4v) is 5.09. The van der Waals surface area contributed by atoms with Crippen LogP contribution in [0.3, 0.4) is 0 Å². The molecular formula is C26H33N7O2. The van der Waals surface area contributed by atoms with Crippen LogP contribution in [0, 0.1) is 0 Å². The Morgan fingerprint density at radius 1 is 1.03 bits per heavy atom. The second kappa shape index (κ2) is 10.4. The van der Waals surface area contributed by atoms with Gasteiger partial charge in [0, 0.05) is 50.0 Å². The second-order valence-corrected chi connectivity index (χ2v) is 9.45. The molecule has 9 heteroatoms. The van der Waals surface area contributed by atoms with Crippen LogP contribution in [0.2, 0.25) is 0 Å². The fraction of sp³-hybridized carbons (Fsp3) is 0.500. The van der Waals surface area contributed by atoms with E-state index in [1.165, 1.54) is 6.20 Å². The highest BCUT2D eigenvalue weighted by molar-refractivity contribution is 5.76. The van der Waals surface area contributed by atoms with Crippen molar-refractivity contribution in [3.8, 4) is 0 Å². The van der Waals surface area contributed by atoms with Crippen molar-refractivity contribution in [3.63, 3.8) is 0 Å². The summed E-state index contributed by atoms with van der Waals surface area (Å²) in [6.07, 6.45) is 9.96. The Morgan fingerprint density at radius 3 is 2.49 bits per heavy atom. The number of nitrogens with zero attached hydrogens (tertiary/aromatic N) is 6.